The van der Waals surface area contributed by atoms with E-state index in [1.54, 1.807) is 63.2 Å². The van der Waals surface area contributed by atoms with Crippen LogP contribution in [0.3, 0.4) is 0 Å². The van der Waals surface area contributed by atoms with Gasteiger partial charge in [-0.1, -0.05) is 84.9 Å². The van der Waals surface area contributed by atoms with Crippen molar-refractivity contribution in [1.82, 2.24) is 10.6 Å². The number of halogens is 1. The number of esters is 2. The van der Waals surface area contributed by atoms with Gasteiger partial charge < -0.3 is 34.7 Å². The maximum Gasteiger partial charge on any atom is 0.339 e. The molecule has 6 rings (SSSR count). The van der Waals surface area contributed by atoms with E-state index in [9.17, 15) is 24.3 Å². The summed E-state index contributed by atoms with van der Waals surface area (Å²) in [5.74, 6) is -3.11. The molecule has 292 valence electrons. The van der Waals surface area contributed by atoms with Crippen molar-refractivity contribution in [2.45, 2.75) is 82.3 Å². The Morgan fingerprint density at radius 1 is 0.875 bits per heavy atom. The van der Waals surface area contributed by atoms with Crippen LogP contribution in [0.25, 0.3) is 0 Å². The van der Waals surface area contributed by atoms with E-state index < -0.39 is 59.5 Å². The first kappa shape index (κ1) is 40.8. The van der Waals surface area contributed by atoms with Crippen molar-refractivity contribution >= 4 is 46.3 Å². The number of nitrogens with one attached hydrogen (secondary N) is 2. The minimum Gasteiger partial charge on any atom is -0.460 e. The standard InChI is InChI=1S/C44H45IN2O9/c1-43(2,3)55-38(49)22-21-33(27-48)47-41(51)29-14-12-13-28(23-29)26-46-40(50)30-24-36(53-42(52)34-19-10-11-20-35(34)45)39-37(25-30)54-44(56-39,31-15-6-4-7-16-31)32-17-8-5-9-18-32/h4-20,23,25,33,36-37,39,48H,21-22,24,26-27H2,1-3H3,(H,46,50)(H,47,51)/t33-,36+,37+,39-/m0/s1. The van der Waals surface area contributed by atoms with E-state index in [0.29, 0.717) is 22.3 Å². The van der Waals surface area contributed by atoms with Crippen molar-refractivity contribution in [3.63, 3.8) is 0 Å². The summed E-state index contributed by atoms with van der Waals surface area (Å²) >= 11 is 2.09. The van der Waals surface area contributed by atoms with Crippen LogP contribution in [0.15, 0.2) is 121 Å². The van der Waals surface area contributed by atoms with Gasteiger partial charge in [0.1, 0.15) is 23.9 Å². The number of rotatable bonds is 13. The first-order chi connectivity index (χ1) is 26.8. The minimum atomic E-state index is -1.34. The summed E-state index contributed by atoms with van der Waals surface area (Å²) in [5.41, 5.74) is 2.61. The number of carbonyl (C=O) groups is 4. The van der Waals surface area contributed by atoms with Crippen LogP contribution in [-0.2, 0) is 40.9 Å². The monoisotopic (exact) mass is 872 g/mol. The third-order valence-electron chi connectivity index (χ3n) is 9.35. The van der Waals surface area contributed by atoms with Gasteiger partial charge in [-0.05, 0) is 85.7 Å². The van der Waals surface area contributed by atoms with Crippen molar-refractivity contribution in [2.24, 2.45) is 0 Å². The summed E-state index contributed by atoms with van der Waals surface area (Å²) in [6.07, 6.45) is -0.310. The Bertz CT molecular complexity index is 2030. The lowest BCUT2D eigenvalue weighted by Crippen LogP contribution is -2.43. The molecule has 0 unspecified atom stereocenters. The van der Waals surface area contributed by atoms with E-state index in [-0.39, 0.29) is 32.4 Å². The van der Waals surface area contributed by atoms with Crippen LogP contribution in [0.5, 0.6) is 0 Å². The number of amides is 2. The second kappa shape index (κ2) is 17.9. The van der Waals surface area contributed by atoms with Gasteiger partial charge in [0, 0.05) is 45.2 Å². The lowest BCUT2D eigenvalue weighted by Gasteiger charge is -2.31. The highest BCUT2D eigenvalue weighted by Gasteiger charge is 2.55. The van der Waals surface area contributed by atoms with Crippen LogP contribution < -0.4 is 10.6 Å². The Labute approximate surface area is 339 Å². The highest BCUT2D eigenvalue weighted by Crippen LogP contribution is 2.47. The minimum absolute atomic E-state index is 0.0363. The van der Waals surface area contributed by atoms with E-state index in [4.69, 9.17) is 18.9 Å². The molecule has 0 spiro atoms. The third kappa shape index (κ3) is 9.91. The highest BCUT2D eigenvalue weighted by atomic mass is 127. The van der Waals surface area contributed by atoms with Crippen LogP contribution in [-0.4, -0.2) is 65.4 Å². The summed E-state index contributed by atoms with van der Waals surface area (Å²) in [4.78, 5) is 52.8. The number of aliphatic hydroxyl groups excluding tert-OH is 1. The number of hydrogen-bond donors (Lipinski definition) is 3. The Morgan fingerprint density at radius 3 is 2.18 bits per heavy atom. The molecule has 0 aromatic heterocycles. The van der Waals surface area contributed by atoms with E-state index in [1.807, 2.05) is 72.8 Å². The molecule has 2 amide bonds. The molecule has 2 aliphatic rings. The van der Waals surface area contributed by atoms with Crippen LogP contribution in [0.2, 0.25) is 0 Å². The second-order valence-electron chi connectivity index (χ2n) is 14.7. The summed E-state index contributed by atoms with van der Waals surface area (Å²) in [6, 6.07) is 32.3. The molecule has 1 fully saturated rings. The Balaban J connectivity index is 1.19. The van der Waals surface area contributed by atoms with Gasteiger partial charge in [-0.2, -0.15) is 0 Å². The van der Waals surface area contributed by atoms with Crippen LogP contribution in [0.1, 0.15) is 77.4 Å². The quantitative estimate of drug-likeness (QED) is 0.103. The first-order valence-corrected chi connectivity index (χ1v) is 19.6. The lowest BCUT2D eigenvalue weighted by molar-refractivity contribution is -0.157. The number of hydrogen-bond acceptors (Lipinski definition) is 9. The van der Waals surface area contributed by atoms with Crippen molar-refractivity contribution in [2.75, 3.05) is 6.61 Å². The van der Waals surface area contributed by atoms with Crippen LogP contribution in [0, 0.1) is 3.57 Å². The molecule has 56 heavy (non-hydrogen) atoms. The predicted molar refractivity (Wildman–Crippen MR) is 216 cm³/mol. The number of fused-ring (bicyclic) bond motifs is 1. The van der Waals surface area contributed by atoms with Gasteiger partial charge in [-0.15, -0.1) is 0 Å². The fourth-order valence-corrected chi connectivity index (χ4v) is 7.31. The summed E-state index contributed by atoms with van der Waals surface area (Å²) in [7, 11) is 0. The van der Waals surface area contributed by atoms with E-state index >= 15 is 0 Å². The molecule has 1 aliphatic carbocycles. The van der Waals surface area contributed by atoms with Gasteiger partial charge in [0.2, 0.25) is 11.7 Å². The highest BCUT2D eigenvalue weighted by molar-refractivity contribution is 14.1. The molecule has 4 aromatic carbocycles. The molecular formula is C44H45IN2O9. The fraction of sp³-hybridized carbons (Fsp3) is 0.318. The summed E-state index contributed by atoms with van der Waals surface area (Å²) < 4.78 is 25.8. The first-order valence-electron chi connectivity index (χ1n) is 18.5. The zero-order valence-corrected chi connectivity index (χ0v) is 33.6. The SMILES string of the molecule is CC(C)(C)OC(=O)CC[C@@H](CO)NC(=O)c1cccc(CNC(=O)C2=C[C@H]3OC(c4ccccc4)(c4ccccc4)O[C@H]3[C@H](OC(=O)c3ccccc3I)C2)c1. The number of aliphatic hydroxyl groups is 1. The third-order valence-corrected chi connectivity index (χ3v) is 10.3. The Morgan fingerprint density at radius 2 is 1.54 bits per heavy atom. The lowest BCUT2D eigenvalue weighted by atomic mass is 9.91. The number of carbonyl (C=O) groups excluding carboxylic acids is 4. The molecule has 4 atom stereocenters. The average Bonchev–Trinajstić information content (AvgIpc) is 3.60. The molecule has 12 heteroatoms. The predicted octanol–water partition coefficient (Wildman–Crippen LogP) is 6.36. The van der Waals surface area contributed by atoms with Crippen molar-refractivity contribution in [3.8, 4) is 0 Å². The van der Waals surface area contributed by atoms with E-state index in [0.717, 1.165) is 14.7 Å². The number of benzene rings is 4. The zero-order chi connectivity index (χ0) is 39.9. The van der Waals surface area contributed by atoms with Crippen molar-refractivity contribution < 1.29 is 43.2 Å². The maximum absolute atomic E-state index is 13.9. The van der Waals surface area contributed by atoms with Gasteiger partial charge in [0.15, 0.2) is 0 Å². The van der Waals surface area contributed by atoms with Gasteiger partial charge in [-0.25, -0.2) is 4.79 Å². The molecule has 0 radical (unpaired) electrons. The Kier molecular flexibility index (Phi) is 13.0. The fourth-order valence-electron chi connectivity index (χ4n) is 6.70. The molecule has 0 bridgehead atoms. The van der Waals surface area contributed by atoms with Gasteiger partial charge >= 0.3 is 11.9 Å². The molecular weight excluding hydrogens is 827 g/mol. The smallest absolute Gasteiger partial charge is 0.339 e. The number of ether oxygens (including phenoxy) is 4. The normalized spacial score (nSPS) is 19.2. The molecule has 1 saturated heterocycles. The molecule has 1 aliphatic heterocycles. The van der Waals surface area contributed by atoms with Crippen LogP contribution >= 0.6 is 22.6 Å². The second-order valence-corrected chi connectivity index (χ2v) is 15.9. The molecule has 0 saturated carbocycles. The average molecular weight is 873 g/mol. The summed E-state index contributed by atoms with van der Waals surface area (Å²) in [5, 5.41) is 15.6. The summed E-state index contributed by atoms with van der Waals surface area (Å²) in [6.45, 7) is 5.06. The van der Waals surface area contributed by atoms with Crippen molar-refractivity contribution in [1.29, 1.82) is 0 Å². The van der Waals surface area contributed by atoms with Crippen molar-refractivity contribution in [3.05, 3.63) is 152 Å². The van der Waals surface area contributed by atoms with E-state index in [2.05, 4.69) is 33.2 Å². The molecule has 11 nitrogen and oxygen atoms in total. The Hall–Kier alpha value is -4.89. The molecule has 3 N–H and O–H groups in total. The maximum atomic E-state index is 13.9. The zero-order valence-electron chi connectivity index (χ0n) is 31.4. The van der Waals surface area contributed by atoms with E-state index in [1.165, 1.54) is 0 Å². The van der Waals surface area contributed by atoms with Crippen LogP contribution in [0.4, 0.5) is 0 Å². The molecule has 4 aromatic rings. The van der Waals surface area contributed by atoms with Gasteiger partial charge in [0.05, 0.1) is 18.2 Å². The van der Waals surface area contributed by atoms with Gasteiger partial charge in [-0.3, -0.25) is 14.4 Å². The van der Waals surface area contributed by atoms with Gasteiger partial charge in [0.25, 0.3) is 5.91 Å². The largest absolute Gasteiger partial charge is 0.460 e. The molecule has 1 heterocycles. The topological polar surface area (TPSA) is 149 Å².